The molecule has 0 saturated heterocycles. The first-order valence-electron chi connectivity index (χ1n) is 5.33. The van der Waals surface area contributed by atoms with Gasteiger partial charge in [0, 0.05) is 12.8 Å². The Morgan fingerprint density at radius 3 is 2.33 bits per heavy atom. The Hall–Kier alpha value is -1.56. The van der Waals surface area contributed by atoms with Crippen LogP contribution in [0.25, 0.3) is 0 Å². The highest BCUT2D eigenvalue weighted by Gasteiger charge is 2.24. The van der Waals surface area contributed by atoms with Gasteiger partial charge >= 0.3 is 0 Å². The number of carbonyl (C=O) groups excluding carboxylic acids is 1. The first kappa shape index (κ1) is 14.5. The Bertz CT molecular complexity index is 395. The van der Waals surface area contributed by atoms with E-state index >= 15 is 0 Å². The molecule has 1 atom stereocenters. The van der Waals surface area contributed by atoms with Crippen molar-refractivity contribution in [1.29, 1.82) is 0 Å². The molecule has 0 aromatic heterocycles. The van der Waals surface area contributed by atoms with Crippen molar-refractivity contribution in [3.8, 4) is 0 Å². The van der Waals surface area contributed by atoms with Crippen molar-refractivity contribution in [3.05, 3.63) is 30.1 Å². The number of alkyl halides is 2. The van der Waals surface area contributed by atoms with Gasteiger partial charge in [0.1, 0.15) is 11.9 Å². The SMILES string of the molecule is CO[C@H](C)C(=O)N(CC(F)F)c1ccc(F)cc1. The lowest BCUT2D eigenvalue weighted by Gasteiger charge is -2.25. The van der Waals surface area contributed by atoms with Crippen LogP contribution in [0.5, 0.6) is 0 Å². The minimum Gasteiger partial charge on any atom is -0.372 e. The van der Waals surface area contributed by atoms with Gasteiger partial charge in [0.05, 0.1) is 6.54 Å². The number of rotatable bonds is 5. The number of halogens is 3. The van der Waals surface area contributed by atoms with E-state index in [-0.39, 0.29) is 5.69 Å². The van der Waals surface area contributed by atoms with Crippen LogP contribution in [0.2, 0.25) is 0 Å². The summed E-state index contributed by atoms with van der Waals surface area (Å²) in [5, 5.41) is 0. The summed E-state index contributed by atoms with van der Waals surface area (Å²) in [6, 6.07) is 4.77. The monoisotopic (exact) mass is 261 g/mol. The Kier molecular flexibility index (Phi) is 5.15. The molecular weight excluding hydrogens is 247 g/mol. The summed E-state index contributed by atoms with van der Waals surface area (Å²) in [4.78, 5) is 12.8. The molecular formula is C12H14F3NO2. The smallest absolute Gasteiger partial charge is 0.256 e. The summed E-state index contributed by atoms with van der Waals surface area (Å²) in [6.07, 6.45) is -3.52. The van der Waals surface area contributed by atoms with Crippen molar-refractivity contribution in [2.24, 2.45) is 0 Å². The molecule has 0 unspecified atom stereocenters. The van der Waals surface area contributed by atoms with Gasteiger partial charge in [-0.05, 0) is 31.2 Å². The molecule has 1 aromatic carbocycles. The quantitative estimate of drug-likeness (QED) is 0.814. The molecule has 0 aliphatic carbocycles. The zero-order chi connectivity index (χ0) is 13.7. The summed E-state index contributed by atoms with van der Waals surface area (Å²) < 4.78 is 42.5. The second kappa shape index (κ2) is 6.39. The Morgan fingerprint density at radius 1 is 1.33 bits per heavy atom. The van der Waals surface area contributed by atoms with E-state index in [9.17, 15) is 18.0 Å². The van der Waals surface area contributed by atoms with Crippen molar-refractivity contribution in [2.75, 3.05) is 18.6 Å². The number of amides is 1. The fourth-order valence-corrected chi connectivity index (χ4v) is 1.40. The van der Waals surface area contributed by atoms with Crippen LogP contribution >= 0.6 is 0 Å². The van der Waals surface area contributed by atoms with E-state index in [0.29, 0.717) is 0 Å². The third-order valence-electron chi connectivity index (χ3n) is 2.43. The summed E-state index contributed by atoms with van der Waals surface area (Å²) in [5.41, 5.74) is 0.214. The minimum atomic E-state index is -2.68. The molecule has 0 spiro atoms. The summed E-state index contributed by atoms with van der Waals surface area (Å²) in [5.74, 6) is -1.09. The zero-order valence-corrected chi connectivity index (χ0v) is 10.1. The van der Waals surface area contributed by atoms with Gasteiger partial charge < -0.3 is 9.64 Å². The molecule has 1 amide bonds. The predicted octanol–water partition coefficient (Wildman–Crippen LogP) is 2.46. The number of methoxy groups -OCH3 is 1. The third-order valence-corrected chi connectivity index (χ3v) is 2.43. The van der Waals surface area contributed by atoms with Gasteiger partial charge in [-0.1, -0.05) is 0 Å². The highest BCUT2D eigenvalue weighted by Crippen LogP contribution is 2.18. The Balaban J connectivity index is 2.97. The molecule has 0 bridgehead atoms. The van der Waals surface area contributed by atoms with E-state index in [1.54, 1.807) is 0 Å². The molecule has 6 heteroatoms. The first-order chi connectivity index (χ1) is 8.45. The topological polar surface area (TPSA) is 29.5 Å². The van der Waals surface area contributed by atoms with Crippen LogP contribution in [0.1, 0.15) is 6.92 Å². The van der Waals surface area contributed by atoms with Crippen molar-refractivity contribution in [2.45, 2.75) is 19.5 Å². The van der Waals surface area contributed by atoms with E-state index in [1.807, 2.05) is 0 Å². The zero-order valence-electron chi connectivity index (χ0n) is 10.1. The average molecular weight is 261 g/mol. The lowest BCUT2D eigenvalue weighted by Crippen LogP contribution is -2.41. The fourth-order valence-electron chi connectivity index (χ4n) is 1.40. The van der Waals surface area contributed by atoms with E-state index in [2.05, 4.69) is 0 Å². The number of ether oxygens (including phenoxy) is 1. The van der Waals surface area contributed by atoms with Gasteiger partial charge in [-0.3, -0.25) is 4.79 Å². The van der Waals surface area contributed by atoms with Crippen LogP contribution < -0.4 is 4.90 Å². The number of anilines is 1. The van der Waals surface area contributed by atoms with Crippen LogP contribution in [-0.2, 0) is 9.53 Å². The van der Waals surface area contributed by atoms with Crippen LogP contribution in [0.15, 0.2) is 24.3 Å². The largest absolute Gasteiger partial charge is 0.372 e. The molecule has 0 aliphatic rings. The Morgan fingerprint density at radius 2 is 1.89 bits per heavy atom. The van der Waals surface area contributed by atoms with Gasteiger partial charge in [-0.25, -0.2) is 13.2 Å². The van der Waals surface area contributed by atoms with Crippen molar-refractivity contribution < 1.29 is 22.7 Å². The van der Waals surface area contributed by atoms with E-state index < -0.39 is 30.8 Å². The number of hydrogen-bond acceptors (Lipinski definition) is 2. The molecule has 1 aromatic rings. The molecule has 0 aliphatic heterocycles. The summed E-state index contributed by atoms with van der Waals surface area (Å²) in [7, 11) is 1.31. The molecule has 0 saturated carbocycles. The van der Waals surface area contributed by atoms with Crippen LogP contribution in [0.4, 0.5) is 18.9 Å². The maximum Gasteiger partial charge on any atom is 0.256 e. The van der Waals surface area contributed by atoms with E-state index in [0.717, 1.165) is 17.0 Å². The van der Waals surface area contributed by atoms with Crippen LogP contribution in [-0.4, -0.2) is 32.1 Å². The van der Waals surface area contributed by atoms with E-state index in [1.165, 1.54) is 26.2 Å². The highest BCUT2D eigenvalue weighted by atomic mass is 19.3. The Labute approximate surface area is 103 Å². The van der Waals surface area contributed by atoms with Crippen molar-refractivity contribution >= 4 is 11.6 Å². The number of benzene rings is 1. The lowest BCUT2D eigenvalue weighted by molar-refractivity contribution is -0.127. The molecule has 3 nitrogen and oxygen atoms in total. The fraction of sp³-hybridized carbons (Fsp3) is 0.417. The second-order valence-corrected chi connectivity index (χ2v) is 3.69. The maximum atomic E-state index is 12.8. The van der Waals surface area contributed by atoms with Crippen LogP contribution in [0.3, 0.4) is 0 Å². The number of carbonyl (C=O) groups is 1. The predicted molar refractivity (Wildman–Crippen MR) is 61.2 cm³/mol. The number of nitrogens with zero attached hydrogens (tertiary/aromatic N) is 1. The maximum absolute atomic E-state index is 12.8. The van der Waals surface area contributed by atoms with Crippen molar-refractivity contribution in [1.82, 2.24) is 0 Å². The van der Waals surface area contributed by atoms with Gasteiger partial charge in [0.15, 0.2) is 0 Å². The van der Waals surface area contributed by atoms with Crippen LogP contribution in [0, 0.1) is 5.82 Å². The first-order valence-corrected chi connectivity index (χ1v) is 5.33. The van der Waals surface area contributed by atoms with E-state index in [4.69, 9.17) is 4.74 Å². The molecule has 0 radical (unpaired) electrons. The summed E-state index contributed by atoms with van der Waals surface area (Å²) in [6.45, 7) is 0.711. The van der Waals surface area contributed by atoms with Gasteiger partial charge in [-0.2, -0.15) is 0 Å². The molecule has 1 rings (SSSR count). The second-order valence-electron chi connectivity index (χ2n) is 3.69. The summed E-state index contributed by atoms with van der Waals surface area (Å²) >= 11 is 0. The molecule has 18 heavy (non-hydrogen) atoms. The third kappa shape index (κ3) is 3.73. The normalized spacial score (nSPS) is 12.6. The molecule has 100 valence electrons. The standard InChI is InChI=1S/C12H14F3NO2/c1-8(18-2)12(17)16(7-11(14)15)10-5-3-9(13)4-6-10/h3-6,8,11H,7H2,1-2H3/t8-/m1/s1. The molecule has 0 heterocycles. The lowest BCUT2D eigenvalue weighted by atomic mass is 10.2. The van der Waals surface area contributed by atoms with Crippen molar-refractivity contribution in [3.63, 3.8) is 0 Å². The molecule has 0 N–H and O–H groups in total. The van der Waals surface area contributed by atoms with Gasteiger partial charge in [0.25, 0.3) is 12.3 Å². The van der Waals surface area contributed by atoms with Gasteiger partial charge in [0.2, 0.25) is 0 Å². The highest BCUT2D eigenvalue weighted by molar-refractivity contribution is 5.96. The molecule has 0 fully saturated rings. The average Bonchev–Trinajstić information content (AvgIpc) is 2.35. The minimum absolute atomic E-state index is 0.214. The number of hydrogen-bond donors (Lipinski definition) is 0. The van der Waals surface area contributed by atoms with Gasteiger partial charge in [-0.15, -0.1) is 0 Å².